The topological polar surface area (TPSA) is 96.9 Å². The van der Waals surface area contributed by atoms with Crippen LogP contribution in [0.3, 0.4) is 0 Å². The van der Waals surface area contributed by atoms with Crippen molar-refractivity contribution >= 4 is 16.8 Å². The first-order chi connectivity index (χ1) is 12.6. The second-order valence-corrected chi connectivity index (χ2v) is 6.33. The fourth-order valence-electron chi connectivity index (χ4n) is 3.02. The summed E-state index contributed by atoms with van der Waals surface area (Å²) < 4.78 is 13.3. The monoisotopic (exact) mass is 354 g/mol. The summed E-state index contributed by atoms with van der Waals surface area (Å²) in [4.78, 5) is 15.9. The van der Waals surface area contributed by atoms with Crippen LogP contribution in [-0.2, 0) is 0 Å². The van der Waals surface area contributed by atoms with Crippen LogP contribution in [0.25, 0.3) is 22.0 Å². The Kier molecular flexibility index (Phi) is 5.65. The number of para-hydroxylation sites is 1. The van der Waals surface area contributed by atoms with Crippen molar-refractivity contribution in [3.63, 3.8) is 0 Å². The summed E-state index contributed by atoms with van der Waals surface area (Å²) in [5.41, 5.74) is 14.3. The number of amides is 1. The first-order valence-corrected chi connectivity index (χ1v) is 8.70. The molecular formula is C20H23FN4O. The average molecular weight is 354 g/mol. The highest BCUT2D eigenvalue weighted by molar-refractivity contribution is 6.09. The molecule has 6 heteroatoms. The van der Waals surface area contributed by atoms with E-state index in [0.717, 1.165) is 34.9 Å². The number of H-pyrrole nitrogens is 1. The zero-order valence-corrected chi connectivity index (χ0v) is 14.5. The van der Waals surface area contributed by atoms with Crippen LogP contribution >= 0.6 is 0 Å². The lowest BCUT2D eigenvalue weighted by Crippen LogP contribution is -2.37. The molecule has 1 atom stereocenters. The quantitative estimate of drug-likeness (QED) is 0.525. The van der Waals surface area contributed by atoms with Crippen LogP contribution < -0.4 is 16.8 Å². The Morgan fingerprint density at radius 2 is 1.88 bits per heavy atom. The molecule has 1 aromatic heterocycles. The van der Waals surface area contributed by atoms with Crippen LogP contribution in [0.2, 0.25) is 0 Å². The first kappa shape index (κ1) is 18.1. The van der Waals surface area contributed by atoms with Crippen LogP contribution in [0.4, 0.5) is 4.39 Å². The van der Waals surface area contributed by atoms with Gasteiger partial charge in [-0.25, -0.2) is 4.39 Å². The van der Waals surface area contributed by atoms with Gasteiger partial charge in [0.15, 0.2) is 0 Å². The molecule has 3 rings (SSSR count). The molecule has 0 aliphatic carbocycles. The van der Waals surface area contributed by atoms with E-state index in [1.54, 1.807) is 12.1 Å². The molecule has 0 saturated heterocycles. The van der Waals surface area contributed by atoms with E-state index in [9.17, 15) is 9.18 Å². The molecule has 0 aliphatic rings. The molecule has 136 valence electrons. The number of aromatic amines is 1. The molecule has 0 saturated carbocycles. The van der Waals surface area contributed by atoms with Crippen LogP contribution in [0.1, 0.15) is 23.3 Å². The normalized spacial score (nSPS) is 12.3. The predicted octanol–water partition coefficient (Wildman–Crippen LogP) is 2.77. The van der Waals surface area contributed by atoms with Crippen LogP contribution in [-0.4, -0.2) is 30.0 Å². The van der Waals surface area contributed by atoms with Crippen molar-refractivity contribution < 1.29 is 9.18 Å². The average Bonchev–Trinajstić information content (AvgIpc) is 3.04. The van der Waals surface area contributed by atoms with Crippen molar-refractivity contribution in [3.05, 3.63) is 60.0 Å². The molecule has 0 fully saturated rings. The van der Waals surface area contributed by atoms with Crippen LogP contribution in [0.5, 0.6) is 0 Å². The number of nitrogens with one attached hydrogen (secondary N) is 2. The van der Waals surface area contributed by atoms with Crippen LogP contribution in [0, 0.1) is 5.82 Å². The molecular weight excluding hydrogens is 331 g/mol. The maximum atomic E-state index is 13.3. The van der Waals surface area contributed by atoms with E-state index in [1.165, 1.54) is 12.1 Å². The summed E-state index contributed by atoms with van der Waals surface area (Å²) in [6.45, 7) is 0.954. The number of halogens is 1. The lowest BCUT2D eigenvalue weighted by Gasteiger charge is -2.12. The lowest BCUT2D eigenvalue weighted by molar-refractivity contribution is 0.0947. The SMILES string of the molecule is NCCC[C@H](N)CNC(=O)c1[nH]c2ccccc2c1-c1ccc(F)cc1. The van der Waals surface area contributed by atoms with Gasteiger partial charge < -0.3 is 21.8 Å². The number of benzene rings is 2. The summed E-state index contributed by atoms with van der Waals surface area (Å²) in [6, 6.07) is 13.7. The number of rotatable bonds is 7. The minimum absolute atomic E-state index is 0.138. The molecule has 0 radical (unpaired) electrons. The smallest absolute Gasteiger partial charge is 0.268 e. The van der Waals surface area contributed by atoms with E-state index >= 15 is 0 Å². The third-order valence-electron chi connectivity index (χ3n) is 4.37. The largest absolute Gasteiger partial charge is 0.350 e. The van der Waals surface area contributed by atoms with E-state index in [4.69, 9.17) is 11.5 Å². The Bertz CT molecular complexity index is 888. The van der Waals surface area contributed by atoms with E-state index in [1.807, 2.05) is 24.3 Å². The van der Waals surface area contributed by atoms with Gasteiger partial charge in [0.05, 0.1) is 0 Å². The zero-order valence-electron chi connectivity index (χ0n) is 14.5. The summed E-state index contributed by atoms with van der Waals surface area (Å²) in [5.74, 6) is -0.547. The zero-order chi connectivity index (χ0) is 18.5. The number of hydrogen-bond acceptors (Lipinski definition) is 3. The third kappa shape index (κ3) is 3.92. The van der Waals surface area contributed by atoms with Crippen molar-refractivity contribution in [2.75, 3.05) is 13.1 Å². The number of nitrogens with two attached hydrogens (primary N) is 2. The molecule has 0 spiro atoms. The second-order valence-electron chi connectivity index (χ2n) is 6.33. The fourth-order valence-corrected chi connectivity index (χ4v) is 3.02. The highest BCUT2D eigenvalue weighted by Crippen LogP contribution is 2.32. The summed E-state index contributed by atoms with van der Waals surface area (Å²) >= 11 is 0. The van der Waals surface area contributed by atoms with Gasteiger partial charge in [0.1, 0.15) is 11.5 Å². The lowest BCUT2D eigenvalue weighted by atomic mass is 10.0. The molecule has 0 bridgehead atoms. The van der Waals surface area contributed by atoms with Gasteiger partial charge in [-0.15, -0.1) is 0 Å². The van der Waals surface area contributed by atoms with E-state index in [2.05, 4.69) is 10.3 Å². The van der Waals surface area contributed by atoms with E-state index in [-0.39, 0.29) is 17.8 Å². The summed E-state index contributed by atoms with van der Waals surface area (Å²) in [7, 11) is 0. The number of carbonyl (C=O) groups excluding carboxylic acids is 1. The Morgan fingerprint density at radius 3 is 2.62 bits per heavy atom. The summed E-state index contributed by atoms with van der Waals surface area (Å²) in [5, 5.41) is 3.79. The molecule has 0 unspecified atom stereocenters. The van der Waals surface area contributed by atoms with Crippen molar-refractivity contribution in [2.24, 2.45) is 11.5 Å². The highest BCUT2D eigenvalue weighted by atomic mass is 19.1. The van der Waals surface area contributed by atoms with Crippen molar-refractivity contribution in [2.45, 2.75) is 18.9 Å². The minimum atomic E-state index is -0.314. The molecule has 3 aromatic rings. The Hall–Kier alpha value is -2.70. The number of carbonyl (C=O) groups is 1. The first-order valence-electron chi connectivity index (χ1n) is 8.70. The van der Waals surface area contributed by atoms with E-state index < -0.39 is 0 Å². The van der Waals surface area contributed by atoms with Gasteiger partial charge in [0, 0.05) is 29.1 Å². The maximum Gasteiger partial charge on any atom is 0.268 e. The highest BCUT2D eigenvalue weighted by Gasteiger charge is 2.19. The number of aromatic nitrogens is 1. The Labute approximate surface area is 151 Å². The van der Waals surface area contributed by atoms with E-state index in [0.29, 0.717) is 18.8 Å². The summed E-state index contributed by atoms with van der Waals surface area (Å²) in [6.07, 6.45) is 1.58. The van der Waals surface area contributed by atoms with Crippen molar-refractivity contribution in [3.8, 4) is 11.1 Å². The third-order valence-corrected chi connectivity index (χ3v) is 4.37. The molecule has 1 amide bonds. The molecule has 2 aromatic carbocycles. The van der Waals surface area contributed by atoms with Gasteiger partial charge >= 0.3 is 0 Å². The van der Waals surface area contributed by atoms with Crippen molar-refractivity contribution in [1.29, 1.82) is 0 Å². The van der Waals surface area contributed by atoms with Gasteiger partial charge in [-0.05, 0) is 43.1 Å². The molecule has 5 nitrogen and oxygen atoms in total. The molecule has 1 heterocycles. The van der Waals surface area contributed by atoms with Gasteiger partial charge in [0.25, 0.3) is 5.91 Å². The Balaban J connectivity index is 1.91. The molecule has 0 aliphatic heterocycles. The second kappa shape index (κ2) is 8.12. The minimum Gasteiger partial charge on any atom is -0.350 e. The molecule has 26 heavy (non-hydrogen) atoms. The predicted molar refractivity (Wildman–Crippen MR) is 102 cm³/mol. The molecule has 6 N–H and O–H groups in total. The fraction of sp³-hybridized carbons (Fsp3) is 0.250. The van der Waals surface area contributed by atoms with Crippen LogP contribution in [0.15, 0.2) is 48.5 Å². The van der Waals surface area contributed by atoms with Gasteiger partial charge in [-0.3, -0.25) is 4.79 Å². The maximum absolute atomic E-state index is 13.3. The Morgan fingerprint density at radius 1 is 1.15 bits per heavy atom. The van der Waals surface area contributed by atoms with Gasteiger partial charge in [0.2, 0.25) is 0 Å². The van der Waals surface area contributed by atoms with Gasteiger partial charge in [-0.1, -0.05) is 30.3 Å². The van der Waals surface area contributed by atoms with Gasteiger partial charge in [-0.2, -0.15) is 0 Å². The standard InChI is InChI=1S/C20H23FN4O/c21-14-9-7-13(8-10-14)18-16-5-1-2-6-17(16)25-19(18)20(26)24-12-15(23)4-3-11-22/h1-2,5-10,15,25H,3-4,11-12,22-23H2,(H,24,26)/t15-/m0/s1. The number of hydrogen-bond donors (Lipinski definition) is 4. The number of fused-ring (bicyclic) bond motifs is 1. The van der Waals surface area contributed by atoms with Crippen molar-refractivity contribution in [1.82, 2.24) is 10.3 Å².